The fourth-order valence-electron chi connectivity index (χ4n) is 2.67. The summed E-state index contributed by atoms with van der Waals surface area (Å²) < 4.78 is 0. The van der Waals surface area contributed by atoms with Gasteiger partial charge in [-0.25, -0.2) is 10.8 Å². The number of hydrogen-bond donors (Lipinski definition) is 4. The molecule has 1 aliphatic carbocycles. The highest BCUT2D eigenvalue weighted by Gasteiger charge is 2.24. The molecule has 0 spiro atoms. The third kappa shape index (κ3) is 2.56. The summed E-state index contributed by atoms with van der Waals surface area (Å²) in [6.07, 6.45) is 3.71. The van der Waals surface area contributed by atoms with Crippen molar-refractivity contribution in [1.82, 2.24) is 9.97 Å². The summed E-state index contributed by atoms with van der Waals surface area (Å²) >= 11 is 1.61. The zero-order chi connectivity index (χ0) is 14.1. The topological polar surface area (TPSA) is 96.1 Å². The molecule has 1 fully saturated rings. The van der Waals surface area contributed by atoms with Gasteiger partial charge in [-0.2, -0.15) is 4.98 Å². The Kier molecular flexibility index (Phi) is 3.73. The van der Waals surface area contributed by atoms with Crippen LogP contribution < -0.4 is 16.6 Å². The number of hydrogen-bond acceptors (Lipinski definition) is 7. The fourth-order valence-corrected chi connectivity index (χ4v) is 3.55. The number of fused-ring (bicyclic) bond motifs is 1. The summed E-state index contributed by atoms with van der Waals surface area (Å²) in [4.78, 5) is 10.8. The maximum absolute atomic E-state index is 10.1. The Morgan fingerprint density at radius 3 is 2.90 bits per heavy atom. The quantitative estimate of drug-likeness (QED) is 0.510. The zero-order valence-electron chi connectivity index (χ0n) is 11.4. The summed E-state index contributed by atoms with van der Waals surface area (Å²) in [5.74, 6) is 6.57. The van der Waals surface area contributed by atoms with Crippen LogP contribution in [-0.4, -0.2) is 27.2 Å². The predicted molar refractivity (Wildman–Crippen MR) is 81.8 cm³/mol. The van der Waals surface area contributed by atoms with Crippen molar-refractivity contribution < 1.29 is 5.11 Å². The highest BCUT2D eigenvalue weighted by molar-refractivity contribution is 7.18. The zero-order valence-corrected chi connectivity index (χ0v) is 12.2. The molecule has 0 amide bonds. The number of thiophene rings is 1. The number of anilines is 2. The first kappa shape index (κ1) is 13.5. The van der Waals surface area contributed by atoms with E-state index in [0.29, 0.717) is 5.95 Å². The number of rotatable bonds is 3. The second-order valence-electron chi connectivity index (χ2n) is 5.22. The second kappa shape index (κ2) is 5.51. The smallest absolute Gasteiger partial charge is 0.240 e. The van der Waals surface area contributed by atoms with Gasteiger partial charge in [0.25, 0.3) is 0 Å². The van der Waals surface area contributed by atoms with E-state index < -0.39 is 0 Å². The van der Waals surface area contributed by atoms with Crippen LogP contribution in [0, 0.1) is 6.92 Å². The van der Waals surface area contributed by atoms with Gasteiger partial charge in [-0.3, -0.25) is 5.43 Å². The van der Waals surface area contributed by atoms with Crippen LogP contribution in [0.2, 0.25) is 0 Å². The van der Waals surface area contributed by atoms with Gasteiger partial charge in [0.2, 0.25) is 5.95 Å². The van der Waals surface area contributed by atoms with Gasteiger partial charge in [0.05, 0.1) is 17.5 Å². The van der Waals surface area contributed by atoms with Crippen LogP contribution in [0.3, 0.4) is 0 Å². The first-order valence-corrected chi connectivity index (χ1v) is 7.68. The van der Waals surface area contributed by atoms with E-state index in [-0.39, 0.29) is 12.1 Å². The molecule has 6 nitrogen and oxygen atoms in total. The molecule has 0 saturated heterocycles. The second-order valence-corrected chi connectivity index (χ2v) is 6.45. The number of aryl methyl sites for hydroxylation is 1. The monoisotopic (exact) mass is 293 g/mol. The molecule has 3 rings (SSSR count). The lowest BCUT2D eigenvalue weighted by Crippen LogP contribution is -2.36. The molecule has 108 valence electrons. The molecule has 1 aliphatic rings. The van der Waals surface area contributed by atoms with Crippen LogP contribution in [0.1, 0.15) is 30.6 Å². The third-order valence-corrected chi connectivity index (χ3v) is 4.64. The normalized spacial score (nSPS) is 22.9. The first-order valence-electron chi connectivity index (χ1n) is 6.87. The number of nitrogens with two attached hydrogens (primary N) is 1. The fraction of sp³-hybridized carbons (Fsp3) is 0.538. The van der Waals surface area contributed by atoms with Gasteiger partial charge in [-0.05, 0) is 25.8 Å². The Hall–Kier alpha value is -1.44. The largest absolute Gasteiger partial charge is 0.391 e. The Labute approximate surface area is 121 Å². The Morgan fingerprint density at radius 2 is 2.15 bits per heavy atom. The molecule has 2 unspecified atom stereocenters. The molecule has 5 N–H and O–H groups in total. The average molecular weight is 293 g/mol. The van der Waals surface area contributed by atoms with E-state index in [2.05, 4.69) is 26.8 Å². The van der Waals surface area contributed by atoms with E-state index in [9.17, 15) is 5.11 Å². The molecular formula is C13H19N5OS. The van der Waals surface area contributed by atoms with Crippen LogP contribution in [0.15, 0.2) is 6.07 Å². The minimum atomic E-state index is -0.317. The van der Waals surface area contributed by atoms with Gasteiger partial charge < -0.3 is 10.4 Å². The molecule has 2 aromatic rings. The van der Waals surface area contributed by atoms with Crippen LogP contribution >= 0.6 is 11.3 Å². The van der Waals surface area contributed by atoms with Crippen molar-refractivity contribution >= 4 is 33.3 Å². The molecule has 2 heterocycles. The van der Waals surface area contributed by atoms with Gasteiger partial charge in [0.1, 0.15) is 10.6 Å². The van der Waals surface area contributed by atoms with Crippen molar-refractivity contribution in [2.75, 3.05) is 10.7 Å². The lowest BCUT2D eigenvalue weighted by atomic mass is 9.92. The number of hydrazine groups is 1. The molecule has 0 aromatic carbocycles. The number of aliphatic hydroxyl groups is 1. The molecule has 20 heavy (non-hydrogen) atoms. The molecular weight excluding hydrogens is 274 g/mol. The maximum atomic E-state index is 10.1. The van der Waals surface area contributed by atoms with Crippen molar-refractivity contribution in [3.8, 4) is 0 Å². The number of nitrogens with one attached hydrogen (secondary N) is 2. The lowest BCUT2D eigenvalue weighted by Gasteiger charge is -2.29. The first-order chi connectivity index (χ1) is 9.67. The molecule has 0 radical (unpaired) electrons. The van der Waals surface area contributed by atoms with E-state index in [0.717, 1.165) is 41.7 Å². The molecule has 1 saturated carbocycles. The number of nitrogens with zero attached hydrogens (tertiary/aromatic N) is 2. The third-order valence-electron chi connectivity index (χ3n) is 3.70. The van der Waals surface area contributed by atoms with E-state index in [1.807, 2.05) is 6.92 Å². The Balaban J connectivity index is 1.96. The highest BCUT2D eigenvalue weighted by Crippen LogP contribution is 2.31. The van der Waals surface area contributed by atoms with E-state index in [1.54, 1.807) is 11.3 Å². The molecule has 2 atom stereocenters. The van der Waals surface area contributed by atoms with Gasteiger partial charge in [0.15, 0.2) is 0 Å². The SMILES string of the molecule is Cc1cc2c(NC3CCCCC3O)nc(NN)nc2s1. The van der Waals surface area contributed by atoms with Crippen LogP contribution in [0.4, 0.5) is 11.8 Å². The van der Waals surface area contributed by atoms with Crippen LogP contribution in [0.5, 0.6) is 0 Å². The standard InChI is InChI=1S/C13H19N5OS/c1-7-6-8-11(15-9-4-2-3-5-10(9)19)16-13(18-14)17-12(8)20-7/h6,9-10,19H,2-5,14H2,1H3,(H2,15,16,17,18). The number of aliphatic hydroxyl groups excluding tert-OH is 1. The van der Waals surface area contributed by atoms with Crippen LogP contribution in [0.25, 0.3) is 10.2 Å². The summed E-state index contributed by atoms with van der Waals surface area (Å²) in [5, 5.41) is 14.5. The molecule has 7 heteroatoms. The van der Waals surface area contributed by atoms with Crippen LogP contribution in [-0.2, 0) is 0 Å². The number of aromatic nitrogens is 2. The molecule has 0 bridgehead atoms. The molecule has 0 aliphatic heterocycles. The minimum absolute atomic E-state index is 0.0488. The van der Waals surface area contributed by atoms with Gasteiger partial charge in [-0.1, -0.05) is 12.8 Å². The average Bonchev–Trinajstić information content (AvgIpc) is 2.81. The van der Waals surface area contributed by atoms with Crippen molar-refractivity contribution in [2.45, 2.75) is 44.8 Å². The Bertz CT molecular complexity index is 614. The van der Waals surface area contributed by atoms with E-state index in [1.165, 1.54) is 4.88 Å². The van der Waals surface area contributed by atoms with Crippen molar-refractivity contribution in [3.63, 3.8) is 0 Å². The highest BCUT2D eigenvalue weighted by atomic mass is 32.1. The maximum Gasteiger partial charge on any atom is 0.240 e. The summed E-state index contributed by atoms with van der Waals surface area (Å²) in [7, 11) is 0. The van der Waals surface area contributed by atoms with Gasteiger partial charge in [-0.15, -0.1) is 11.3 Å². The van der Waals surface area contributed by atoms with Crippen molar-refractivity contribution in [1.29, 1.82) is 0 Å². The summed E-state index contributed by atoms with van der Waals surface area (Å²) in [6, 6.07) is 2.12. The van der Waals surface area contributed by atoms with E-state index in [4.69, 9.17) is 5.84 Å². The van der Waals surface area contributed by atoms with Gasteiger partial charge in [0, 0.05) is 4.88 Å². The summed E-state index contributed by atoms with van der Waals surface area (Å²) in [6.45, 7) is 2.04. The minimum Gasteiger partial charge on any atom is -0.391 e. The van der Waals surface area contributed by atoms with E-state index >= 15 is 0 Å². The Morgan fingerprint density at radius 1 is 1.35 bits per heavy atom. The predicted octanol–water partition coefficient (Wildman–Crippen LogP) is 2.00. The molecule has 2 aromatic heterocycles. The van der Waals surface area contributed by atoms with Gasteiger partial charge >= 0.3 is 0 Å². The summed E-state index contributed by atoms with van der Waals surface area (Å²) in [5.41, 5.74) is 2.50. The van der Waals surface area contributed by atoms with Crippen molar-refractivity contribution in [3.05, 3.63) is 10.9 Å². The number of nitrogen functional groups attached to an aromatic ring is 1. The van der Waals surface area contributed by atoms with Crippen molar-refractivity contribution in [2.24, 2.45) is 5.84 Å². The lowest BCUT2D eigenvalue weighted by molar-refractivity contribution is 0.116.